The lowest BCUT2D eigenvalue weighted by atomic mass is 10.6. The molecule has 0 atom stereocenters. The minimum absolute atomic E-state index is 0.125. The first-order chi connectivity index (χ1) is 9.72. The second-order valence-electron chi connectivity index (χ2n) is 2.86. The first kappa shape index (κ1) is 30.1. The highest BCUT2D eigenvalue weighted by Gasteiger charge is 2.54. The summed E-state index contributed by atoms with van der Waals surface area (Å²) >= 11 is 0. The normalized spacial score (nSPS) is 12.0. The van der Waals surface area contributed by atoms with Gasteiger partial charge in [0.2, 0.25) is 0 Å². The van der Waals surface area contributed by atoms with Crippen LogP contribution in [0.3, 0.4) is 0 Å². The summed E-state index contributed by atoms with van der Waals surface area (Å²) in [6, 6.07) is 0. The Labute approximate surface area is 122 Å². The van der Waals surface area contributed by atoms with Crippen LogP contribution in [0.5, 0.6) is 0 Å². The van der Waals surface area contributed by atoms with Gasteiger partial charge in [0.15, 0.2) is 0 Å². The summed E-state index contributed by atoms with van der Waals surface area (Å²) in [6.07, 6.45) is -19.1. The Balaban J connectivity index is -0.000000108. The smallest absolute Gasteiger partial charge is 0.394 e. The van der Waals surface area contributed by atoms with E-state index in [1.54, 1.807) is 0 Å². The lowest BCUT2D eigenvalue weighted by Crippen LogP contribution is -2.39. The Morgan fingerprint density at radius 1 is 0.522 bits per heavy atom. The van der Waals surface area contributed by atoms with Crippen LogP contribution in [0.15, 0.2) is 0 Å². The summed E-state index contributed by atoms with van der Waals surface area (Å²) in [6.45, 7) is -1.76. The number of hydrogen-bond acceptors (Lipinski definition) is 8. The molecule has 0 saturated heterocycles. The van der Waals surface area contributed by atoms with E-state index in [4.69, 9.17) is 40.9 Å². The molecule has 0 radical (unpaired) electrons. The van der Waals surface area contributed by atoms with Gasteiger partial charge in [0, 0.05) is 0 Å². The van der Waals surface area contributed by atoms with Crippen LogP contribution in [0, 0.1) is 0 Å². The van der Waals surface area contributed by atoms with Crippen LogP contribution < -0.4 is 0 Å². The lowest BCUT2D eigenvalue weighted by Gasteiger charge is -2.13. The van der Waals surface area contributed by atoms with Crippen molar-refractivity contribution in [2.45, 2.75) is 24.6 Å². The molecule has 146 valence electrons. The maximum atomic E-state index is 10.8. The fourth-order valence-corrected chi connectivity index (χ4v) is 0. The SMILES string of the molecule is OC(F)(F)C(O)(F)F.OC(O)(F)F.OCC(O)(F)F.OCCO. The Morgan fingerprint density at radius 2 is 0.652 bits per heavy atom. The minimum Gasteiger partial charge on any atom is -0.394 e. The van der Waals surface area contributed by atoms with Gasteiger partial charge in [-0.25, -0.2) is 0 Å². The van der Waals surface area contributed by atoms with E-state index in [2.05, 4.69) is 0 Å². The highest BCUT2D eigenvalue weighted by Crippen LogP contribution is 2.27. The average molecular weight is 378 g/mol. The molecular weight excluding hydrogens is 364 g/mol. The largest absolute Gasteiger partial charge is 0.480 e. The number of halogens is 8. The van der Waals surface area contributed by atoms with E-state index in [1.165, 1.54) is 0 Å². The van der Waals surface area contributed by atoms with Gasteiger partial charge < -0.3 is 40.9 Å². The van der Waals surface area contributed by atoms with Crippen molar-refractivity contribution in [3.8, 4) is 0 Å². The van der Waals surface area contributed by atoms with E-state index < -0.39 is 31.2 Å². The van der Waals surface area contributed by atoms with Gasteiger partial charge in [0.05, 0.1) is 13.2 Å². The molecule has 0 heterocycles. The molecule has 23 heavy (non-hydrogen) atoms. The van der Waals surface area contributed by atoms with Crippen LogP contribution in [-0.4, -0.2) is 85.3 Å². The molecular formula is C7H14F8O8. The molecule has 8 nitrogen and oxygen atoms in total. The Kier molecular flexibility index (Phi) is 16.4. The molecule has 0 saturated carbocycles. The van der Waals surface area contributed by atoms with E-state index in [-0.39, 0.29) is 13.2 Å². The topological polar surface area (TPSA) is 162 Å². The molecule has 0 unspecified atom stereocenters. The third-order valence-corrected chi connectivity index (χ3v) is 0.652. The van der Waals surface area contributed by atoms with E-state index in [0.29, 0.717) is 0 Å². The molecule has 0 aromatic heterocycles. The molecule has 0 amide bonds. The molecule has 8 N–H and O–H groups in total. The zero-order valence-corrected chi connectivity index (χ0v) is 10.7. The second-order valence-corrected chi connectivity index (χ2v) is 2.86. The summed E-state index contributed by atoms with van der Waals surface area (Å²) in [5.74, 6) is 0. The fraction of sp³-hybridized carbons (Fsp3) is 1.00. The van der Waals surface area contributed by atoms with Gasteiger partial charge >= 0.3 is 24.6 Å². The zero-order chi connectivity index (χ0) is 20.1. The third kappa shape index (κ3) is 52.6. The molecule has 0 aromatic rings. The number of aliphatic hydroxyl groups excluding tert-OH is 3. The van der Waals surface area contributed by atoms with Crippen molar-refractivity contribution < 1.29 is 76.0 Å². The molecule has 0 bridgehead atoms. The summed E-state index contributed by atoms with van der Waals surface area (Å²) in [5.41, 5.74) is 0. The molecule has 0 aliphatic rings. The van der Waals surface area contributed by atoms with Gasteiger partial charge in [-0.2, -0.15) is 26.3 Å². The Hall–Kier alpha value is -0.880. The van der Waals surface area contributed by atoms with E-state index >= 15 is 0 Å². The molecule has 0 spiro atoms. The highest BCUT2D eigenvalue weighted by molar-refractivity contribution is 4.58. The summed E-state index contributed by atoms with van der Waals surface area (Å²) in [4.78, 5) is 0. The van der Waals surface area contributed by atoms with Crippen molar-refractivity contribution in [2.75, 3.05) is 19.8 Å². The van der Waals surface area contributed by atoms with Crippen LogP contribution in [-0.2, 0) is 0 Å². The van der Waals surface area contributed by atoms with Crippen molar-refractivity contribution in [3.63, 3.8) is 0 Å². The number of hydrogen-bond donors (Lipinski definition) is 8. The maximum Gasteiger partial charge on any atom is 0.480 e. The van der Waals surface area contributed by atoms with Crippen LogP contribution in [0.25, 0.3) is 0 Å². The second kappa shape index (κ2) is 12.5. The van der Waals surface area contributed by atoms with Gasteiger partial charge in [-0.05, 0) is 0 Å². The summed E-state index contributed by atoms with van der Waals surface area (Å²) in [7, 11) is 0. The highest BCUT2D eigenvalue weighted by atomic mass is 19.3. The fourth-order valence-electron chi connectivity index (χ4n) is 0. The maximum absolute atomic E-state index is 10.8. The molecule has 16 heteroatoms. The van der Waals surface area contributed by atoms with Crippen molar-refractivity contribution >= 4 is 0 Å². The van der Waals surface area contributed by atoms with Crippen LogP contribution in [0.1, 0.15) is 0 Å². The van der Waals surface area contributed by atoms with Crippen LogP contribution in [0.4, 0.5) is 35.1 Å². The van der Waals surface area contributed by atoms with Crippen molar-refractivity contribution in [1.29, 1.82) is 0 Å². The van der Waals surface area contributed by atoms with E-state index in [1.807, 2.05) is 0 Å². The third-order valence-electron chi connectivity index (χ3n) is 0.652. The van der Waals surface area contributed by atoms with E-state index in [9.17, 15) is 35.1 Å². The van der Waals surface area contributed by atoms with Gasteiger partial charge in [-0.3, -0.25) is 0 Å². The lowest BCUT2D eigenvalue weighted by molar-refractivity contribution is -0.404. The number of aliphatic hydroxyl groups is 8. The van der Waals surface area contributed by atoms with Gasteiger partial charge in [0.25, 0.3) is 0 Å². The van der Waals surface area contributed by atoms with E-state index in [0.717, 1.165) is 0 Å². The predicted octanol–water partition coefficient (Wildman–Crippen LogP) is -1.79. The van der Waals surface area contributed by atoms with Crippen molar-refractivity contribution in [3.05, 3.63) is 0 Å². The van der Waals surface area contributed by atoms with Gasteiger partial charge in [0.1, 0.15) is 6.61 Å². The Morgan fingerprint density at radius 3 is 0.652 bits per heavy atom. The zero-order valence-electron chi connectivity index (χ0n) is 10.7. The standard InChI is InChI=1S/C2H2F4O2.C2H4F2O2.C2H6O2.CH2F2O2/c3-1(4,7)2(5,6)8;3-2(4,6)1-5;3-1-2-4;2-1(3,4)5/h7-8H;5-6H,1H2;3-4H,1-2H2;4-5H. The number of alkyl halides is 8. The van der Waals surface area contributed by atoms with Crippen molar-refractivity contribution in [2.24, 2.45) is 0 Å². The van der Waals surface area contributed by atoms with Crippen LogP contribution in [0.2, 0.25) is 0 Å². The molecule has 0 aromatic carbocycles. The first-order valence-electron chi connectivity index (χ1n) is 4.68. The summed E-state index contributed by atoms with van der Waals surface area (Å²) < 4.78 is 84.9. The Bertz CT molecular complexity index is 235. The summed E-state index contributed by atoms with van der Waals surface area (Å²) in [5, 5.41) is 57.4. The van der Waals surface area contributed by atoms with Crippen molar-refractivity contribution in [1.82, 2.24) is 0 Å². The molecule has 0 fully saturated rings. The van der Waals surface area contributed by atoms with Gasteiger partial charge in [-0.15, -0.1) is 8.78 Å². The molecule has 0 aliphatic carbocycles. The van der Waals surface area contributed by atoms with Gasteiger partial charge in [-0.1, -0.05) is 0 Å². The molecule has 0 rings (SSSR count). The van der Waals surface area contributed by atoms with Crippen LogP contribution >= 0.6 is 0 Å². The average Bonchev–Trinajstić information content (AvgIpc) is 2.24. The minimum atomic E-state index is -5.34. The quantitative estimate of drug-likeness (QED) is 0.211. The first-order valence-corrected chi connectivity index (χ1v) is 4.68. The number of rotatable bonds is 3. The molecule has 0 aliphatic heterocycles. The monoisotopic (exact) mass is 378 g/mol. The predicted molar refractivity (Wildman–Crippen MR) is 52.1 cm³/mol.